The second kappa shape index (κ2) is 6.91. The second-order valence-corrected chi connectivity index (χ2v) is 5.59. The van der Waals surface area contributed by atoms with Crippen LogP contribution < -0.4 is 10.1 Å². The zero-order valence-electron chi connectivity index (χ0n) is 16.9. The number of hydrogen-bond donors (Lipinski definition) is 2. The number of fused-ring (bicyclic) bond motifs is 1. The average Bonchev–Trinajstić information content (AvgIpc) is 3.08. The number of carbonyl (C=O) groups is 1. The molecule has 0 atom stereocenters. The molecule has 0 radical (unpaired) electrons. The molecule has 2 aromatic heterocycles. The Morgan fingerprint density at radius 1 is 1.42 bits per heavy atom. The van der Waals surface area contributed by atoms with Crippen molar-refractivity contribution in [1.82, 2.24) is 15.2 Å². The zero-order valence-corrected chi connectivity index (χ0v) is 13.9. The fraction of sp³-hybridized carbons (Fsp3) is 0.167. The van der Waals surface area contributed by atoms with Gasteiger partial charge in [-0.25, -0.2) is 13.8 Å². The number of benzene rings is 1. The van der Waals surface area contributed by atoms with E-state index in [1.54, 1.807) is 13.0 Å². The summed E-state index contributed by atoms with van der Waals surface area (Å²) in [6, 6.07) is 4.18. The molecule has 1 amide bonds. The van der Waals surface area contributed by atoms with Crippen molar-refractivity contribution in [3.8, 4) is 5.88 Å². The van der Waals surface area contributed by atoms with E-state index in [2.05, 4.69) is 20.5 Å². The summed E-state index contributed by atoms with van der Waals surface area (Å²) in [4.78, 5) is 16.2. The van der Waals surface area contributed by atoms with Crippen molar-refractivity contribution in [1.29, 1.82) is 0 Å². The number of aryl methyl sites for hydroxylation is 2. The van der Waals surface area contributed by atoms with Gasteiger partial charge in [-0.05, 0) is 25.5 Å². The Hall–Kier alpha value is -3.29. The first-order chi connectivity index (χ1) is 13.5. The number of amides is 1. The minimum Gasteiger partial charge on any atom is -0.481 e. The molecule has 3 rings (SSSR count). The molecule has 3 aromatic rings. The summed E-state index contributed by atoms with van der Waals surface area (Å²) in [5, 5.41) is 9.05. The standard InChI is InChI=1S/C18H16F2N4O2/c1-9-6-14(26-3)22-10(2)16(9)23-18(25)13(19)7-11-4-5-12-8-21-24-17(12)15(11)20/h4-8H,1-3H3,(H,21,24)(H,23,25)/b13-7-/i3D3. The third-order valence-electron chi connectivity index (χ3n) is 3.80. The van der Waals surface area contributed by atoms with E-state index in [1.165, 1.54) is 25.3 Å². The first-order valence-corrected chi connectivity index (χ1v) is 7.52. The lowest BCUT2D eigenvalue weighted by Crippen LogP contribution is -2.14. The summed E-state index contributed by atoms with van der Waals surface area (Å²) in [6.45, 7) is 3.08. The number of nitrogens with one attached hydrogen (secondary N) is 2. The van der Waals surface area contributed by atoms with Gasteiger partial charge in [-0.2, -0.15) is 5.10 Å². The van der Waals surface area contributed by atoms with Gasteiger partial charge in [0.1, 0.15) is 5.52 Å². The third kappa shape index (κ3) is 3.26. The highest BCUT2D eigenvalue weighted by molar-refractivity contribution is 6.05. The molecule has 26 heavy (non-hydrogen) atoms. The number of halogens is 2. The Balaban J connectivity index is 1.83. The minimum absolute atomic E-state index is 0.104. The minimum atomic E-state index is -2.68. The Bertz CT molecular complexity index is 1100. The van der Waals surface area contributed by atoms with Crippen molar-refractivity contribution in [3.05, 3.63) is 52.9 Å². The van der Waals surface area contributed by atoms with Crippen LogP contribution in [0.25, 0.3) is 17.0 Å². The predicted octanol–water partition coefficient (Wildman–Crippen LogP) is 3.67. The van der Waals surface area contributed by atoms with Gasteiger partial charge in [0.15, 0.2) is 11.6 Å². The number of ether oxygens (including phenoxy) is 1. The maximum Gasteiger partial charge on any atom is 0.284 e. The fourth-order valence-corrected chi connectivity index (χ4v) is 2.52. The van der Waals surface area contributed by atoms with Crippen LogP contribution in [0.2, 0.25) is 0 Å². The molecule has 0 bridgehead atoms. The monoisotopic (exact) mass is 361 g/mol. The van der Waals surface area contributed by atoms with Gasteiger partial charge in [-0.3, -0.25) is 9.89 Å². The number of rotatable bonds is 4. The Morgan fingerprint density at radius 2 is 2.23 bits per heavy atom. The highest BCUT2D eigenvalue weighted by atomic mass is 19.1. The lowest BCUT2D eigenvalue weighted by molar-refractivity contribution is -0.114. The lowest BCUT2D eigenvalue weighted by atomic mass is 10.1. The van der Waals surface area contributed by atoms with Crippen molar-refractivity contribution < 1.29 is 22.4 Å². The summed E-state index contributed by atoms with van der Waals surface area (Å²) < 4.78 is 54.8. The Morgan fingerprint density at radius 3 is 2.96 bits per heavy atom. The van der Waals surface area contributed by atoms with Crippen LogP contribution >= 0.6 is 0 Å². The molecule has 2 heterocycles. The van der Waals surface area contributed by atoms with E-state index < -0.39 is 24.6 Å². The maximum absolute atomic E-state index is 14.4. The van der Waals surface area contributed by atoms with Crippen LogP contribution in [0.3, 0.4) is 0 Å². The molecule has 6 nitrogen and oxygen atoms in total. The van der Waals surface area contributed by atoms with Crippen LogP contribution in [0.4, 0.5) is 14.5 Å². The number of H-pyrrole nitrogens is 1. The van der Waals surface area contributed by atoms with E-state index in [4.69, 9.17) is 8.85 Å². The van der Waals surface area contributed by atoms with Gasteiger partial charge in [-0.1, -0.05) is 12.1 Å². The van der Waals surface area contributed by atoms with Crippen molar-refractivity contribution >= 4 is 28.6 Å². The summed E-state index contributed by atoms with van der Waals surface area (Å²) in [7, 11) is -2.68. The first kappa shape index (κ1) is 13.9. The first-order valence-electron chi connectivity index (χ1n) is 9.02. The number of methoxy groups -OCH3 is 1. The molecule has 0 fully saturated rings. The van der Waals surface area contributed by atoms with Crippen LogP contribution in [-0.4, -0.2) is 28.1 Å². The number of hydrogen-bond acceptors (Lipinski definition) is 4. The van der Waals surface area contributed by atoms with Crippen molar-refractivity contribution in [2.24, 2.45) is 0 Å². The smallest absolute Gasteiger partial charge is 0.284 e. The SMILES string of the molecule is [2H]C([2H])([2H])Oc1cc(C)c(NC(=O)/C(F)=C/c2ccc3cn[nH]c3c2F)c(C)n1. The van der Waals surface area contributed by atoms with Crippen molar-refractivity contribution in [2.75, 3.05) is 12.4 Å². The molecular formula is C18H16F2N4O2. The fourth-order valence-electron chi connectivity index (χ4n) is 2.52. The highest BCUT2D eigenvalue weighted by Gasteiger charge is 2.16. The molecule has 0 aliphatic carbocycles. The van der Waals surface area contributed by atoms with Crippen LogP contribution in [-0.2, 0) is 4.79 Å². The van der Waals surface area contributed by atoms with Gasteiger partial charge in [0.25, 0.3) is 5.91 Å². The molecule has 0 saturated carbocycles. The topological polar surface area (TPSA) is 79.9 Å². The van der Waals surface area contributed by atoms with Crippen molar-refractivity contribution in [2.45, 2.75) is 13.8 Å². The van der Waals surface area contributed by atoms with Gasteiger partial charge in [0.2, 0.25) is 5.88 Å². The molecule has 2 N–H and O–H groups in total. The quantitative estimate of drug-likeness (QED) is 0.695. The molecule has 0 aliphatic rings. The predicted molar refractivity (Wildman–Crippen MR) is 94.0 cm³/mol. The molecule has 0 unspecified atom stereocenters. The summed E-state index contributed by atoms with van der Waals surface area (Å²) >= 11 is 0. The summed E-state index contributed by atoms with van der Waals surface area (Å²) in [5.74, 6) is -3.21. The number of anilines is 1. The number of nitrogens with zero attached hydrogens (tertiary/aromatic N) is 2. The van der Waals surface area contributed by atoms with E-state index in [0.717, 1.165) is 6.08 Å². The van der Waals surface area contributed by atoms with Gasteiger partial charge in [0, 0.05) is 17.0 Å². The molecular weight excluding hydrogens is 342 g/mol. The number of aromatic nitrogens is 3. The number of aromatic amines is 1. The number of pyridine rings is 1. The maximum atomic E-state index is 14.4. The molecule has 0 aliphatic heterocycles. The van der Waals surface area contributed by atoms with Gasteiger partial charge in [0.05, 0.1) is 28.7 Å². The summed E-state index contributed by atoms with van der Waals surface area (Å²) in [5.41, 5.74) is 0.828. The van der Waals surface area contributed by atoms with E-state index in [9.17, 15) is 13.6 Å². The normalized spacial score (nSPS) is 13.8. The van der Waals surface area contributed by atoms with E-state index in [-0.39, 0.29) is 28.3 Å². The Labute approximate surface area is 152 Å². The van der Waals surface area contributed by atoms with Crippen LogP contribution in [0.5, 0.6) is 5.88 Å². The third-order valence-corrected chi connectivity index (χ3v) is 3.80. The van der Waals surface area contributed by atoms with E-state index in [0.29, 0.717) is 10.9 Å². The molecule has 0 saturated heterocycles. The second-order valence-electron chi connectivity index (χ2n) is 5.59. The molecule has 1 aromatic carbocycles. The van der Waals surface area contributed by atoms with Gasteiger partial charge >= 0.3 is 0 Å². The highest BCUT2D eigenvalue weighted by Crippen LogP contribution is 2.25. The van der Waals surface area contributed by atoms with Crippen molar-refractivity contribution in [3.63, 3.8) is 0 Å². The summed E-state index contributed by atoms with van der Waals surface area (Å²) in [6.07, 6.45) is 2.20. The zero-order chi connectivity index (χ0) is 21.3. The van der Waals surface area contributed by atoms with E-state index in [1.807, 2.05) is 0 Å². The molecule has 8 heteroatoms. The van der Waals surface area contributed by atoms with Crippen LogP contribution in [0.1, 0.15) is 20.9 Å². The molecule has 0 spiro atoms. The largest absolute Gasteiger partial charge is 0.481 e. The Kier molecular flexibility index (Phi) is 3.70. The van der Waals surface area contributed by atoms with E-state index >= 15 is 0 Å². The number of carbonyl (C=O) groups excluding carboxylic acids is 1. The average molecular weight is 361 g/mol. The van der Waals surface area contributed by atoms with Gasteiger partial charge in [-0.15, -0.1) is 0 Å². The molecule has 134 valence electrons. The lowest BCUT2D eigenvalue weighted by Gasteiger charge is -2.12. The van der Waals surface area contributed by atoms with Crippen LogP contribution in [0, 0.1) is 19.7 Å². The van der Waals surface area contributed by atoms with Crippen LogP contribution in [0.15, 0.2) is 30.2 Å². The van der Waals surface area contributed by atoms with Gasteiger partial charge < -0.3 is 10.1 Å².